The van der Waals surface area contributed by atoms with E-state index in [9.17, 15) is 23.1 Å². The van der Waals surface area contributed by atoms with Crippen molar-refractivity contribution < 1.29 is 33.3 Å². The second-order valence-corrected chi connectivity index (χ2v) is 3.87. The number of carbonyl (C=O) groups is 1. The van der Waals surface area contributed by atoms with Crippen molar-refractivity contribution in [2.75, 3.05) is 0 Å². The Morgan fingerprint density at radius 3 is 2.22 bits per heavy atom. The van der Waals surface area contributed by atoms with Gasteiger partial charge in [-0.1, -0.05) is 17.7 Å². The van der Waals surface area contributed by atoms with Crippen molar-refractivity contribution in [3.05, 3.63) is 34.3 Å². The maximum atomic E-state index is 12.3. The minimum atomic E-state index is -4.60. The van der Waals surface area contributed by atoms with Crippen LogP contribution in [-0.4, -0.2) is 27.4 Å². The van der Waals surface area contributed by atoms with Crippen molar-refractivity contribution in [1.82, 2.24) is 0 Å². The molecule has 4 nitrogen and oxygen atoms in total. The Morgan fingerprint density at radius 1 is 1.28 bits per heavy atom. The molecule has 0 aliphatic heterocycles. The van der Waals surface area contributed by atoms with Gasteiger partial charge in [0.15, 0.2) is 6.10 Å². The van der Waals surface area contributed by atoms with Crippen molar-refractivity contribution in [1.29, 1.82) is 0 Å². The third kappa shape index (κ3) is 3.12. The predicted molar refractivity (Wildman–Crippen MR) is 55.1 cm³/mol. The van der Waals surface area contributed by atoms with E-state index in [1.165, 1.54) is 0 Å². The molecule has 0 spiro atoms. The fourth-order valence-electron chi connectivity index (χ4n) is 1.25. The van der Waals surface area contributed by atoms with Crippen molar-refractivity contribution in [3.63, 3.8) is 0 Å². The predicted octanol–water partition coefficient (Wildman–Crippen LogP) is 1.84. The van der Waals surface area contributed by atoms with Gasteiger partial charge in [0, 0.05) is 10.6 Å². The molecule has 2 unspecified atom stereocenters. The van der Waals surface area contributed by atoms with Crippen LogP contribution in [0, 0.1) is 0 Å². The van der Waals surface area contributed by atoms with Gasteiger partial charge in [0.1, 0.15) is 6.10 Å². The molecule has 2 atom stereocenters. The van der Waals surface area contributed by atoms with Crippen LogP contribution in [0.3, 0.4) is 0 Å². The second kappa shape index (κ2) is 5.13. The molecule has 0 heterocycles. The summed E-state index contributed by atoms with van der Waals surface area (Å²) in [5.74, 6) is -1.71. The maximum absolute atomic E-state index is 12.3. The van der Waals surface area contributed by atoms with Crippen molar-refractivity contribution in [2.24, 2.45) is 0 Å². The number of aliphatic carboxylic acids is 1. The molecular formula is C10H8ClF3O4. The molecule has 0 bridgehead atoms. The van der Waals surface area contributed by atoms with Crippen LogP contribution in [0.15, 0.2) is 18.2 Å². The van der Waals surface area contributed by atoms with E-state index in [1.807, 2.05) is 0 Å². The average Bonchev–Trinajstić information content (AvgIpc) is 2.25. The van der Waals surface area contributed by atoms with Gasteiger partial charge in [-0.2, -0.15) is 13.2 Å². The first-order valence-electron chi connectivity index (χ1n) is 4.60. The highest BCUT2D eigenvalue weighted by molar-refractivity contribution is 6.31. The lowest BCUT2D eigenvalue weighted by molar-refractivity contribution is -0.153. The van der Waals surface area contributed by atoms with Gasteiger partial charge >= 0.3 is 12.1 Å². The van der Waals surface area contributed by atoms with Gasteiger partial charge in [-0.3, -0.25) is 0 Å². The van der Waals surface area contributed by atoms with Gasteiger partial charge < -0.3 is 15.3 Å². The highest BCUT2D eigenvalue weighted by Gasteiger charge is 2.33. The van der Waals surface area contributed by atoms with E-state index in [4.69, 9.17) is 21.8 Å². The highest BCUT2D eigenvalue weighted by atomic mass is 35.5. The monoisotopic (exact) mass is 284 g/mol. The van der Waals surface area contributed by atoms with E-state index >= 15 is 0 Å². The molecule has 100 valence electrons. The first-order chi connectivity index (χ1) is 8.14. The summed E-state index contributed by atoms with van der Waals surface area (Å²) in [5.41, 5.74) is -1.33. The number of alkyl halides is 3. The summed E-state index contributed by atoms with van der Waals surface area (Å²) in [4.78, 5) is 10.4. The average molecular weight is 285 g/mol. The second-order valence-electron chi connectivity index (χ2n) is 3.46. The first-order valence-corrected chi connectivity index (χ1v) is 4.98. The number of hydrogen-bond donors (Lipinski definition) is 3. The minimum Gasteiger partial charge on any atom is -0.479 e. The Morgan fingerprint density at radius 2 is 1.83 bits per heavy atom. The van der Waals surface area contributed by atoms with Crippen LogP contribution in [-0.2, 0) is 11.0 Å². The molecule has 0 saturated heterocycles. The minimum absolute atomic E-state index is 0.292. The molecular weight excluding hydrogens is 277 g/mol. The Bertz CT molecular complexity index is 461. The van der Waals surface area contributed by atoms with Gasteiger partial charge in [0.2, 0.25) is 0 Å². The molecule has 3 N–H and O–H groups in total. The van der Waals surface area contributed by atoms with Crippen LogP contribution in [0.4, 0.5) is 13.2 Å². The Balaban J connectivity index is 3.10. The number of rotatable bonds is 3. The zero-order chi connectivity index (χ0) is 14.1. The summed E-state index contributed by atoms with van der Waals surface area (Å²) < 4.78 is 37.0. The quantitative estimate of drug-likeness (QED) is 0.791. The lowest BCUT2D eigenvalue weighted by Gasteiger charge is -2.17. The van der Waals surface area contributed by atoms with Crippen molar-refractivity contribution in [3.8, 4) is 0 Å². The van der Waals surface area contributed by atoms with Gasteiger partial charge in [-0.25, -0.2) is 4.79 Å². The third-order valence-electron chi connectivity index (χ3n) is 2.20. The van der Waals surface area contributed by atoms with Crippen LogP contribution in [0.2, 0.25) is 5.02 Å². The van der Waals surface area contributed by atoms with E-state index < -0.39 is 34.9 Å². The third-order valence-corrected chi connectivity index (χ3v) is 2.53. The molecule has 0 saturated carbocycles. The Labute approximate surface area is 104 Å². The van der Waals surface area contributed by atoms with E-state index in [2.05, 4.69) is 0 Å². The molecule has 1 aromatic carbocycles. The van der Waals surface area contributed by atoms with Crippen LogP contribution in [0.1, 0.15) is 17.2 Å². The number of aliphatic hydroxyl groups is 2. The molecule has 1 aromatic rings. The number of benzene rings is 1. The van der Waals surface area contributed by atoms with Crippen molar-refractivity contribution >= 4 is 17.6 Å². The zero-order valence-electron chi connectivity index (χ0n) is 8.65. The van der Waals surface area contributed by atoms with Crippen molar-refractivity contribution in [2.45, 2.75) is 18.4 Å². The normalized spacial score (nSPS) is 15.2. The highest BCUT2D eigenvalue weighted by Crippen LogP contribution is 2.34. The molecule has 0 fully saturated rings. The lowest BCUT2D eigenvalue weighted by Crippen LogP contribution is -2.27. The van der Waals surface area contributed by atoms with Crippen LogP contribution < -0.4 is 0 Å². The summed E-state index contributed by atoms with van der Waals surface area (Å²) >= 11 is 5.52. The fraction of sp³-hybridized carbons (Fsp3) is 0.300. The van der Waals surface area contributed by atoms with Crippen LogP contribution >= 0.6 is 11.6 Å². The zero-order valence-corrected chi connectivity index (χ0v) is 9.40. The van der Waals surface area contributed by atoms with E-state index in [-0.39, 0.29) is 5.56 Å². The molecule has 0 aliphatic carbocycles. The summed E-state index contributed by atoms with van der Waals surface area (Å²) in [6.07, 6.45) is -8.67. The summed E-state index contributed by atoms with van der Waals surface area (Å²) in [5, 5.41) is 26.5. The lowest BCUT2D eigenvalue weighted by atomic mass is 10.0. The standard InChI is InChI=1S/C10H8ClF3O4/c11-6-3-4(10(12,13)14)1-2-5(6)7(15)8(16)9(17)18/h1-3,7-8,15-16H,(H,17,18). The number of hydrogen-bond acceptors (Lipinski definition) is 3. The fourth-order valence-corrected chi connectivity index (χ4v) is 1.54. The SMILES string of the molecule is O=C(O)C(O)C(O)c1ccc(C(F)(F)F)cc1Cl. The van der Waals surface area contributed by atoms with Crippen LogP contribution in [0.25, 0.3) is 0 Å². The molecule has 8 heteroatoms. The van der Waals surface area contributed by atoms with Crippen LogP contribution in [0.5, 0.6) is 0 Å². The number of carboxylic acids is 1. The molecule has 1 rings (SSSR count). The molecule has 0 aliphatic rings. The topological polar surface area (TPSA) is 77.8 Å². The smallest absolute Gasteiger partial charge is 0.416 e. The molecule has 18 heavy (non-hydrogen) atoms. The molecule has 0 aromatic heterocycles. The summed E-state index contributed by atoms with van der Waals surface area (Å²) in [6, 6.07) is 2.01. The van der Waals surface area contributed by atoms with E-state index in [1.54, 1.807) is 0 Å². The van der Waals surface area contributed by atoms with Gasteiger partial charge in [-0.15, -0.1) is 0 Å². The maximum Gasteiger partial charge on any atom is 0.416 e. The number of aliphatic hydroxyl groups excluding tert-OH is 2. The van der Waals surface area contributed by atoms with Gasteiger partial charge in [-0.05, 0) is 12.1 Å². The number of halogens is 4. The Hall–Kier alpha value is -1.31. The number of carboxylic acid groups (broad SMARTS) is 1. The Kier molecular flexibility index (Phi) is 4.20. The van der Waals surface area contributed by atoms with Gasteiger partial charge in [0.05, 0.1) is 5.56 Å². The van der Waals surface area contributed by atoms with E-state index in [0.29, 0.717) is 12.1 Å². The first kappa shape index (κ1) is 14.7. The molecule has 0 amide bonds. The summed E-state index contributed by atoms with van der Waals surface area (Å²) in [6.45, 7) is 0. The molecule has 0 radical (unpaired) electrons. The van der Waals surface area contributed by atoms with E-state index in [0.717, 1.165) is 6.07 Å². The largest absolute Gasteiger partial charge is 0.479 e. The summed E-state index contributed by atoms with van der Waals surface area (Å²) in [7, 11) is 0. The van der Waals surface area contributed by atoms with Gasteiger partial charge in [0.25, 0.3) is 0 Å².